The number of hydrogen-bond donors (Lipinski definition) is 0. The van der Waals surface area contributed by atoms with Crippen molar-refractivity contribution in [3.05, 3.63) is 73.1 Å². The van der Waals surface area contributed by atoms with E-state index in [1.165, 1.54) is 50.4 Å². The summed E-state index contributed by atoms with van der Waals surface area (Å²) in [6, 6.07) is 7.59. The second-order valence-corrected chi connectivity index (χ2v) is 22.3. The van der Waals surface area contributed by atoms with Gasteiger partial charge in [0.25, 0.3) is 0 Å². The van der Waals surface area contributed by atoms with E-state index in [2.05, 4.69) is 98.7 Å². The van der Waals surface area contributed by atoms with E-state index >= 15 is 0 Å². The molecule has 3 heteroatoms. The summed E-state index contributed by atoms with van der Waals surface area (Å²) in [6.45, 7) is 21.3. The summed E-state index contributed by atoms with van der Waals surface area (Å²) in [5, 5.41) is 0. The molecule has 0 N–H and O–H groups in total. The molecule has 0 aliphatic heterocycles. The Labute approximate surface area is 237 Å². The second-order valence-electron chi connectivity index (χ2n) is 13.0. The van der Waals surface area contributed by atoms with Crippen molar-refractivity contribution >= 4 is 32.3 Å². The van der Waals surface area contributed by atoms with Crippen molar-refractivity contribution in [2.24, 2.45) is 0 Å². The van der Waals surface area contributed by atoms with Crippen molar-refractivity contribution in [3.63, 3.8) is 0 Å². The van der Waals surface area contributed by atoms with Crippen molar-refractivity contribution < 1.29 is 19.8 Å². The van der Waals surface area contributed by atoms with Gasteiger partial charge in [-0.2, -0.15) is 0 Å². The molecule has 0 radical (unpaired) electrons. The van der Waals surface area contributed by atoms with Gasteiger partial charge in [-0.25, -0.2) is 0 Å². The Balaban J connectivity index is 0.00000228. The van der Waals surface area contributed by atoms with Gasteiger partial charge in [0.1, 0.15) is 0 Å². The average Bonchev–Trinajstić information content (AvgIpc) is 3.37. The number of aryl methyl sites for hydroxylation is 1. The predicted molar refractivity (Wildman–Crippen MR) is 164 cm³/mol. The number of unbranched alkanes of at least 4 members (excludes halogenated alkanes) is 1. The van der Waals surface area contributed by atoms with Crippen LogP contribution in [0.15, 0.2) is 39.7 Å². The van der Waals surface area contributed by atoms with Crippen LogP contribution in [0.5, 0.6) is 0 Å². The molecule has 0 saturated carbocycles. The van der Waals surface area contributed by atoms with Gasteiger partial charge >= 0.3 is 214 Å². The SMILES string of the molecule is Cl.Cl.[CH2]=[Zr]([CH2]CCC)([C]1=CC=CC1)[c]1c(C)c(C(C)(C)C)cc2c1Cc1cc(C)c(C(C)(C)C)cc1-2. The van der Waals surface area contributed by atoms with Crippen LogP contribution in [0.2, 0.25) is 4.13 Å². The summed E-state index contributed by atoms with van der Waals surface area (Å²) in [4.78, 5) is 0. The molecule has 1 atom stereocenters. The molecule has 197 valence electrons. The molecule has 0 saturated heterocycles. The van der Waals surface area contributed by atoms with Crippen molar-refractivity contribution in [2.75, 3.05) is 0 Å². The fourth-order valence-electron chi connectivity index (χ4n) is 6.58. The van der Waals surface area contributed by atoms with Crippen LogP contribution >= 0.6 is 24.8 Å². The molecule has 0 bridgehead atoms. The first-order valence-corrected chi connectivity index (χ1v) is 19.3. The molecule has 2 aliphatic carbocycles. The standard InChI is InChI=1S/C23H29.C5H5.C4H9.CH2.2ClH.Zr/c1-14-9-16-11-17-10-15(2)21(23(6,7)8)13-19(17)18(16)12-20(14)22(3,4)5;1-2-4-5-3-1;1-3-4-2;;;;/h9,12-13H,11H2,1-8H3;1-3H,4H2;1,3-4H2,2H3;1H2;2*1H;. The third kappa shape index (κ3) is 5.51. The molecular weight excluding hydrogens is 558 g/mol. The predicted octanol–water partition coefficient (Wildman–Crippen LogP) is 9.59. The van der Waals surface area contributed by atoms with Crippen molar-refractivity contribution in [2.45, 2.75) is 103 Å². The third-order valence-electron chi connectivity index (χ3n) is 8.24. The van der Waals surface area contributed by atoms with E-state index in [1.54, 1.807) is 17.7 Å². The Hall–Kier alpha value is -0.747. The molecule has 2 aliphatic rings. The number of benzene rings is 2. The van der Waals surface area contributed by atoms with Crippen LogP contribution in [0, 0.1) is 13.8 Å². The molecule has 2 aromatic rings. The molecule has 0 heterocycles. The molecule has 0 aromatic heterocycles. The maximum atomic E-state index is 5.26. The summed E-state index contributed by atoms with van der Waals surface area (Å²) in [7, 11) is 0. The summed E-state index contributed by atoms with van der Waals surface area (Å²) >= 11 is -3.06. The topological polar surface area (TPSA) is 0 Å². The molecule has 0 amide bonds. The number of rotatable bonds is 5. The molecule has 36 heavy (non-hydrogen) atoms. The van der Waals surface area contributed by atoms with E-state index in [0.29, 0.717) is 0 Å². The fraction of sp³-hybridized carbons (Fsp3) is 0.485. The third-order valence-corrected chi connectivity index (χ3v) is 19.2. The van der Waals surface area contributed by atoms with Gasteiger partial charge < -0.3 is 0 Å². The fourth-order valence-corrected chi connectivity index (χ4v) is 17.5. The first-order valence-electron chi connectivity index (χ1n) is 13.3. The summed E-state index contributed by atoms with van der Waals surface area (Å²) in [5.74, 6) is 0. The molecule has 0 spiro atoms. The van der Waals surface area contributed by atoms with Gasteiger partial charge in [-0.15, -0.1) is 24.8 Å². The second kappa shape index (κ2) is 11.2. The zero-order chi connectivity index (χ0) is 25.1. The van der Waals surface area contributed by atoms with Gasteiger partial charge in [0.15, 0.2) is 0 Å². The first-order chi connectivity index (χ1) is 15.8. The zero-order valence-corrected chi connectivity index (χ0v) is 28.1. The Morgan fingerprint density at radius 3 is 2.03 bits per heavy atom. The minimum absolute atomic E-state index is 0. The van der Waals surface area contributed by atoms with Gasteiger partial charge in [0.2, 0.25) is 0 Å². The molecule has 0 nitrogen and oxygen atoms in total. The molecular formula is C33H47Cl2Zr. The molecule has 2 aromatic carbocycles. The number of halogens is 2. The van der Waals surface area contributed by atoms with E-state index in [9.17, 15) is 0 Å². The van der Waals surface area contributed by atoms with Gasteiger partial charge in [-0.1, -0.05) is 0 Å². The minimum atomic E-state index is -3.06. The molecule has 4 rings (SSSR count). The Morgan fingerprint density at radius 1 is 0.889 bits per heavy atom. The van der Waals surface area contributed by atoms with Crippen molar-refractivity contribution in [1.82, 2.24) is 0 Å². The van der Waals surface area contributed by atoms with Crippen LogP contribution < -0.4 is 3.27 Å². The number of allylic oxidation sites excluding steroid dienone is 4. The maximum absolute atomic E-state index is 5.26. The van der Waals surface area contributed by atoms with Crippen molar-refractivity contribution in [3.8, 4) is 11.1 Å². The van der Waals surface area contributed by atoms with E-state index < -0.39 is 19.8 Å². The van der Waals surface area contributed by atoms with Crippen LogP contribution in [0.25, 0.3) is 11.1 Å². The van der Waals surface area contributed by atoms with E-state index in [0.717, 1.165) is 12.8 Å². The quantitative estimate of drug-likeness (QED) is 0.272. The molecule has 0 fully saturated rings. The van der Waals surface area contributed by atoms with Crippen LogP contribution in [0.4, 0.5) is 0 Å². The normalized spacial score (nSPS) is 16.0. The Morgan fingerprint density at radius 2 is 1.50 bits per heavy atom. The van der Waals surface area contributed by atoms with Gasteiger partial charge in [0.05, 0.1) is 0 Å². The average molecular weight is 606 g/mol. The summed E-state index contributed by atoms with van der Waals surface area (Å²) in [6.07, 6.45) is 11.8. The molecule has 1 unspecified atom stereocenters. The number of fused-ring (bicyclic) bond motifs is 3. The van der Waals surface area contributed by atoms with Gasteiger partial charge in [-0.3, -0.25) is 0 Å². The monoisotopic (exact) mass is 603 g/mol. The Kier molecular flexibility index (Phi) is 9.76. The first kappa shape index (κ1) is 31.5. The zero-order valence-electron chi connectivity index (χ0n) is 24.0. The van der Waals surface area contributed by atoms with Crippen LogP contribution in [0.1, 0.15) is 101 Å². The van der Waals surface area contributed by atoms with E-state index in [1.807, 2.05) is 0 Å². The van der Waals surface area contributed by atoms with Crippen molar-refractivity contribution in [1.29, 1.82) is 0 Å². The van der Waals surface area contributed by atoms with Crippen LogP contribution in [-0.4, -0.2) is 4.21 Å². The van der Waals surface area contributed by atoms with Crippen LogP contribution in [-0.2, 0) is 37.0 Å². The number of hydrogen-bond acceptors (Lipinski definition) is 0. The van der Waals surface area contributed by atoms with Gasteiger partial charge in [0, 0.05) is 0 Å². The van der Waals surface area contributed by atoms with Gasteiger partial charge in [-0.05, 0) is 0 Å². The summed E-state index contributed by atoms with van der Waals surface area (Å²) < 4.78 is 10.0. The Bertz CT molecular complexity index is 1250. The summed E-state index contributed by atoms with van der Waals surface area (Å²) in [5.41, 5.74) is 12.4. The van der Waals surface area contributed by atoms with E-state index in [4.69, 9.17) is 4.21 Å². The van der Waals surface area contributed by atoms with E-state index in [-0.39, 0.29) is 35.6 Å². The van der Waals surface area contributed by atoms with Crippen LogP contribution in [0.3, 0.4) is 0 Å².